The summed E-state index contributed by atoms with van der Waals surface area (Å²) in [5.74, 6) is -0.273. The molecule has 0 radical (unpaired) electrons. The Morgan fingerprint density at radius 2 is 2.11 bits per heavy atom. The third kappa shape index (κ3) is 4.33. The lowest BCUT2D eigenvalue weighted by molar-refractivity contribution is -0.139. The fraction of sp³-hybridized carbons (Fsp3) is 0.538. The van der Waals surface area contributed by atoms with E-state index < -0.39 is 5.97 Å². The van der Waals surface area contributed by atoms with Crippen LogP contribution in [-0.2, 0) is 11.3 Å². The normalized spacial score (nSPS) is 11.6. The fourth-order valence-electron chi connectivity index (χ4n) is 1.54. The molecule has 1 heterocycles. The standard InChI is InChI=1S/C13H20N2O3/c1-13(2,3)15(9-12(16)17)8-10-5-6-11(18-4)14-7-10/h5-7H,8-9H2,1-4H3,(H,16,17). The summed E-state index contributed by atoms with van der Waals surface area (Å²) in [7, 11) is 1.56. The third-order valence-corrected chi connectivity index (χ3v) is 2.65. The van der Waals surface area contributed by atoms with E-state index in [9.17, 15) is 4.79 Å². The van der Waals surface area contributed by atoms with Crippen molar-refractivity contribution in [2.24, 2.45) is 0 Å². The van der Waals surface area contributed by atoms with Crippen molar-refractivity contribution in [3.63, 3.8) is 0 Å². The Kier molecular flexibility index (Phi) is 4.67. The zero-order valence-electron chi connectivity index (χ0n) is 11.3. The van der Waals surface area contributed by atoms with Crippen molar-refractivity contribution < 1.29 is 14.6 Å². The smallest absolute Gasteiger partial charge is 0.317 e. The summed E-state index contributed by atoms with van der Waals surface area (Å²) < 4.78 is 4.99. The maximum atomic E-state index is 10.9. The second kappa shape index (κ2) is 5.82. The van der Waals surface area contributed by atoms with E-state index in [0.717, 1.165) is 5.56 Å². The molecule has 0 saturated heterocycles. The average Bonchev–Trinajstić information content (AvgIpc) is 2.27. The highest BCUT2D eigenvalue weighted by Gasteiger charge is 2.23. The summed E-state index contributed by atoms with van der Waals surface area (Å²) in [5.41, 5.74) is 0.755. The number of methoxy groups -OCH3 is 1. The highest BCUT2D eigenvalue weighted by Crippen LogP contribution is 2.17. The molecule has 0 saturated carbocycles. The molecule has 1 aromatic heterocycles. The van der Waals surface area contributed by atoms with Crippen molar-refractivity contribution in [1.29, 1.82) is 0 Å². The highest BCUT2D eigenvalue weighted by atomic mass is 16.5. The summed E-state index contributed by atoms with van der Waals surface area (Å²) >= 11 is 0. The summed E-state index contributed by atoms with van der Waals surface area (Å²) in [6, 6.07) is 3.67. The number of rotatable bonds is 5. The minimum absolute atomic E-state index is 0.00945. The van der Waals surface area contributed by atoms with E-state index in [-0.39, 0.29) is 12.1 Å². The van der Waals surface area contributed by atoms with Crippen LogP contribution in [0.5, 0.6) is 5.88 Å². The second-order valence-corrected chi connectivity index (χ2v) is 5.13. The first-order valence-electron chi connectivity index (χ1n) is 5.78. The van der Waals surface area contributed by atoms with Gasteiger partial charge in [0, 0.05) is 24.3 Å². The van der Waals surface area contributed by atoms with E-state index >= 15 is 0 Å². The molecule has 0 aliphatic rings. The summed E-state index contributed by atoms with van der Waals surface area (Å²) in [5, 5.41) is 8.93. The largest absolute Gasteiger partial charge is 0.481 e. The summed E-state index contributed by atoms with van der Waals surface area (Å²) in [4.78, 5) is 16.9. The van der Waals surface area contributed by atoms with Crippen LogP contribution in [0.15, 0.2) is 18.3 Å². The Labute approximate surface area is 107 Å². The Morgan fingerprint density at radius 1 is 1.44 bits per heavy atom. The molecule has 5 heteroatoms. The minimum Gasteiger partial charge on any atom is -0.481 e. The van der Waals surface area contributed by atoms with Gasteiger partial charge in [-0.1, -0.05) is 6.07 Å². The van der Waals surface area contributed by atoms with Crippen LogP contribution >= 0.6 is 0 Å². The van der Waals surface area contributed by atoms with Gasteiger partial charge in [-0.05, 0) is 26.3 Å². The van der Waals surface area contributed by atoms with Crippen molar-refractivity contribution >= 4 is 5.97 Å². The minimum atomic E-state index is -0.827. The summed E-state index contributed by atoms with van der Waals surface area (Å²) in [6.07, 6.45) is 1.71. The molecule has 0 amide bonds. The highest BCUT2D eigenvalue weighted by molar-refractivity contribution is 5.69. The first kappa shape index (κ1) is 14.4. The molecule has 1 rings (SSSR count). The molecule has 18 heavy (non-hydrogen) atoms. The number of nitrogens with zero attached hydrogens (tertiary/aromatic N) is 2. The van der Waals surface area contributed by atoms with Crippen molar-refractivity contribution in [2.45, 2.75) is 32.9 Å². The van der Waals surface area contributed by atoms with E-state index in [1.807, 2.05) is 31.7 Å². The third-order valence-electron chi connectivity index (χ3n) is 2.65. The molecule has 0 aliphatic heterocycles. The number of pyridine rings is 1. The van der Waals surface area contributed by atoms with Crippen LogP contribution in [0.1, 0.15) is 26.3 Å². The predicted octanol–water partition coefficient (Wildman–Crippen LogP) is 1.78. The van der Waals surface area contributed by atoms with E-state index in [0.29, 0.717) is 12.4 Å². The number of carbonyl (C=O) groups is 1. The van der Waals surface area contributed by atoms with Gasteiger partial charge in [-0.3, -0.25) is 9.69 Å². The molecule has 5 nitrogen and oxygen atoms in total. The molecule has 0 aromatic carbocycles. The van der Waals surface area contributed by atoms with Crippen molar-refractivity contribution in [3.05, 3.63) is 23.9 Å². The Balaban J connectivity index is 2.79. The monoisotopic (exact) mass is 252 g/mol. The number of hydrogen-bond acceptors (Lipinski definition) is 4. The van der Waals surface area contributed by atoms with Crippen LogP contribution < -0.4 is 4.74 Å². The maximum Gasteiger partial charge on any atom is 0.317 e. The number of ether oxygens (including phenoxy) is 1. The van der Waals surface area contributed by atoms with E-state index in [4.69, 9.17) is 9.84 Å². The number of carboxylic acid groups (broad SMARTS) is 1. The van der Waals surface area contributed by atoms with Gasteiger partial charge in [-0.2, -0.15) is 0 Å². The van der Waals surface area contributed by atoms with Crippen LogP contribution in [0.25, 0.3) is 0 Å². The fourth-order valence-corrected chi connectivity index (χ4v) is 1.54. The van der Waals surface area contributed by atoms with Gasteiger partial charge in [0.1, 0.15) is 0 Å². The maximum absolute atomic E-state index is 10.9. The van der Waals surface area contributed by atoms with Crippen molar-refractivity contribution in [2.75, 3.05) is 13.7 Å². The quantitative estimate of drug-likeness (QED) is 0.865. The molecule has 0 bridgehead atoms. The molecular formula is C13H20N2O3. The van der Waals surface area contributed by atoms with Crippen LogP contribution in [0, 0.1) is 0 Å². The molecular weight excluding hydrogens is 232 g/mol. The molecule has 0 unspecified atom stereocenters. The second-order valence-electron chi connectivity index (χ2n) is 5.13. The molecule has 0 spiro atoms. The van der Waals surface area contributed by atoms with Gasteiger partial charge in [-0.15, -0.1) is 0 Å². The van der Waals surface area contributed by atoms with Gasteiger partial charge in [0.2, 0.25) is 5.88 Å². The predicted molar refractivity (Wildman–Crippen MR) is 68.6 cm³/mol. The van der Waals surface area contributed by atoms with E-state index in [1.54, 1.807) is 19.4 Å². The lowest BCUT2D eigenvalue weighted by atomic mass is 10.0. The number of aliphatic carboxylic acids is 1. The summed E-state index contributed by atoms with van der Waals surface area (Å²) in [6.45, 7) is 6.54. The van der Waals surface area contributed by atoms with Gasteiger partial charge < -0.3 is 9.84 Å². The average molecular weight is 252 g/mol. The first-order chi connectivity index (χ1) is 8.32. The van der Waals surface area contributed by atoms with Gasteiger partial charge >= 0.3 is 5.97 Å². The zero-order valence-corrected chi connectivity index (χ0v) is 11.3. The van der Waals surface area contributed by atoms with Crippen molar-refractivity contribution in [1.82, 2.24) is 9.88 Å². The van der Waals surface area contributed by atoms with Crippen molar-refractivity contribution in [3.8, 4) is 5.88 Å². The first-order valence-corrected chi connectivity index (χ1v) is 5.78. The number of aromatic nitrogens is 1. The molecule has 1 N–H and O–H groups in total. The van der Waals surface area contributed by atoms with Gasteiger partial charge in [0.15, 0.2) is 0 Å². The Bertz CT molecular complexity index is 396. The lowest BCUT2D eigenvalue weighted by Crippen LogP contribution is -2.43. The lowest BCUT2D eigenvalue weighted by Gasteiger charge is -2.34. The molecule has 100 valence electrons. The number of hydrogen-bond donors (Lipinski definition) is 1. The molecule has 0 atom stereocenters. The Hall–Kier alpha value is -1.62. The SMILES string of the molecule is COc1ccc(CN(CC(=O)O)C(C)(C)C)cn1. The zero-order chi connectivity index (χ0) is 13.8. The van der Waals surface area contributed by atoms with E-state index in [2.05, 4.69) is 4.98 Å². The van der Waals surface area contributed by atoms with Crippen LogP contribution in [0.4, 0.5) is 0 Å². The molecule has 1 aromatic rings. The van der Waals surface area contributed by atoms with Gasteiger partial charge in [-0.25, -0.2) is 4.98 Å². The van der Waals surface area contributed by atoms with Crippen LogP contribution in [0.3, 0.4) is 0 Å². The number of carboxylic acids is 1. The molecule has 0 fully saturated rings. The Morgan fingerprint density at radius 3 is 2.50 bits per heavy atom. The van der Waals surface area contributed by atoms with Crippen LogP contribution in [-0.4, -0.2) is 40.2 Å². The van der Waals surface area contributed by atoms with Gasteiger partial charge in [0.25, 0.3) is 0 Å². The van der Waals surface area contributed by atoms with Crippen LogP contribution in [0.2, 0.25) is 0 Å². The van der Waals surface area contributed by atoms with Gasteiger partial charge in [0.05, 0.1) is 13.7 Å². The topological polar surface area (TPSA) is 62.7 Å². The van der Waals surface area contributed by atoms with E-state index in [1.165, 1.54) is 0 Å². The molecule has 0 aliphatic carbocycles.